The van der Waals surface area contributed by atoms with Gasteiger partial charge in [0.1, 0.15) is 5.82 Å². The van der Waals surface area contributed by atoms with E-state index in [1.54, 1.807) is 31.3 Å². The molecule has 0 saturated heterocycles. The number of aromatic nitrogens is 1. The fraction of sp³-hybridized carbons (Fsp3) is 0.154. The van der Waals surface area contributed by atoms with E-state index >= 15 is 0 Å². The number of nitrogen functional groups attached to an aromatic ring is 1. The van der Waals surface area contributed by atoms with Crippen LogP contribution in [0.4, 0.5) is 11.5 Å². The summed E-state index contributed by atoms with van der Waals surface area (Å²) in [4.78, 5) is 4.17. The Hall–Kier alpha value is -1.60. The average molecular weight is 356 g/mol. The molecule has 0 bridgehead atoms. The van der Waals surface area contributed by atoms with Gasteiger partial charge in [0, 0.05) is 16.4 Å². The quantitative estimate of drug-likeness (QED) is 0.829. The summed E-state index contributed by atoms with van der Waals surface area (Å²) in [7, 11) is -3.71. The second kappa shape index (κ2) is 5.41. The van der Waals surface area contributed by atoms with Crippen molar-refractivity contribution in [2.45, 2.75) is 18.7 Å². The number of nitrogens with one attached hydrogen (secondary N) is 1. The molecule has 0 radical (unpaired) electrons. The molecule has 0 spiro atoms. The third-order valence-electron chi connectivity index (χ3n) is 2.73. The Morgan fingerprint density at radius 2 is 1.95 bits per heavy atom. The van der Waals surface area contributed by atoms with Crippen molar-refractivity contribution in [3.63, 3.8) is 0 Å². The molecule has 20 heavy (non-hydrogen) atoms. The van der Waals surface area contributed by atoms with E-state index in [9.17, 15) is 8.42 Å². The Bertz CT molecular complexity index is 743. The molecule has 1 aromatic carbocycles. The van der Waals surface area contributed by atoms with Gasteiger partial charge in [-0.05, 0) is 59.1 Å². The van der Waals surface area contributed by atoms with Crippen molar-refractivity contribution in [3.05, 3.63) is 46.1 Å². The highest BCUT2D eigenvalue weighted by Crippen LogP contribution is 2.27. The summed E-state index contributed by atoms with van der Waals surface area (Å²) in [5.74, 6) is 0.275. The normalized spacial score (nSPS) is 11.3. The molecule has 7 heteroatoms. The minimum atomic E-state index is -3.71. The Labute approximate surface area is 126 Å². The van der Waals surface area contributed by atoms with Gasteiger partial charge in [0.25, 0.3) is 10.0 Å². The summed E-state index contributed by atoms with van der Waals surface area (Å²) < 4.78 is 27.8. The number of anilines is 2. The molecule has 0 amide bonds. The third-order valence-corrected chi connectivity index (χ3v) is 4.92. The van der Waals surface area contributed by atoms with Crippen LogP contribution < -0.4 is 10.5 Å². The number of aryl methyl sites for hydroxylation is 2. The minimum absolute atomic E-state index is 0.139. The molecule has 2 rings (SSSR count). The minimum Gasteiger partial charge on any atom is -0.398 e. The van der Waals surface area contributed by atoms with Crippen LogP contribution in [0, 0.1) is 13.8 Å². The lowest BCUT2D eigenvalue weighted by Crippen LogP contribution is -2.15. The maximum absolute atomic E-state index is 12.3. The molecule has 0 aliphatic carbocycles. The van der Waals surface area contributed by atoms with E-state index < -0.39 is 10.0 Å². The zero-order chi connectivity index (χ0) is 14.9. The Morgan fingerprint density at radius 3 is 2.55 bits per heavy atom. The number of halogens is 1. The van der Waals surface area contributed by atoms with Crippen LogP contribution in [0.1, 0.15) is 11.1 Å². The predicted molar refractivity (Wildman–Crippen MR) is 83.1 cm³/mol. The van der Waals surface area contributed by atoms with Crippen molar-refractivity contribution in [2.24, 2.45) is 0 Å². The maximum Gasteiger partial charge on any atom is 0.263 e. The topological polar surface area (TPSA) is 85.1 Å². The van der Waals surface area contributed by atoms with Crippen LogP contribution in [0.25, 0.3) is 0 Å². The summed E-state index contributed by atoms with van der Waals surface area (Å²) in [5.41, 5.74) is 7.67. The lowest BCUT2D eigenvalue weighted by molar-refractivity contribution is 0.600. The highest BCUT2D eigenvalue weighted by atomic mass is 79.9. The molecule has 0 saturated carbocycles. The Kier molecular flexibility index (Phi) is 4.01. The molecule has 0 unspecified atom stereocenters. The van der Waals surface area contributed by atoms with Crippen LogP contribution in [0.2, 0.25) is 0 Å². The van der Waals surface area contributed by atoms with Gasteiger partial charge in [-0.1, -0.05) is 6.07 Å². The zero-order valence-corrected chi connectivity index (χ0v) is 13.4. The van der Waals surface area contributed by atoms with Crippen molar-refractivity contribution >= 4 is 37.5 Å². The first-order chi connectivity index (χ1) is 9.29. The van der Waals surface area contributed by atoms with Gasteiger partial charge in [-0.3, -0.25) is 4.72 Å². The third kappa shape index (κ3) is 3.10. The maximum atomic E-state index is 12.3. The van der Waals surface area contributed by atoms with Crippen LogP contribution in [-0.4, -0.2) is 13.4 Å². The summed E-state index contributed by atoms with van der Waals surface area (Å²) >= 11 is 3.27. The molecule has 0 fully saturated rings. The van der Waals surface area contributed by atoms with Gasteiger partial charge in [-0.15, -0.1) is 0 Å². The molecule has 0 aliphatic rings. The SMILES string of the molecule is Cc1ccc(NS(=O)(=O)c2cc(N)c(Br)cc2C)nc1. The molecule has 106 valence electrons. The van der Waals surface area contributed by atoms with Crippen molar-refractivity contribution in [2.75, 3.05) is 10.5 Å². The fourth-order valence-electron chi connectivity index (χ4n) is 1.68. The Morgan fingerprint density at radius 1 is 1.25 bits per heavy atom. The van der Waals surface area contributed by atoms with E-state index in [1.165, 1.54) is 6.07 Å². The molecular weight excluding hydrogens is 342 g/mol. The van der Waals surface area contributed by atoms with E-state index in [1.807, 2.05) is 6.92 Å². The van der Waals surface area contributed by atoms with E-state index in [2.05, 4.69) is 25.6 Å². The van der Waals surface area contributed by atoms with Gasteiger partial charge < -0.3 is 5.73 Å². The van der Waals surface area contributed by atoms with Gasteiger partial charge in [0.05, 0.1) is 4.90 Å². The molecule has 2 aromatic rings. The van der Waals surface area contributed by atoms with Crippen LogP contribution in [0.5, 0.6) is 0 Å². The number of nitrogens with two attached hydrogens (primary N) is 1. The first kappa shape index (κ1) is 14.8. The van der Waals surface area contributed by atoms with Gasteiger partial charge in [-0.25, -0.2) is 13.4 Å². The highest BCUT2D eigenvalue weighted by molar-refractivity contribution is 9.10. The summed E-state index contributed by atoms with van der Waals surface area (Å²) in [6.07, 6.45) is 1.60. The first-order valence-electron chi connectivity index (χ1n) is 5.81. The number of benzene rings is 1. The highest BCUT2D eigenvalue weighted by Gasteiger charge is 2.19. The van der Waals surface area contributed by atoms with E-state index in [-0.39, 0.29) is 10.7 Å². The molecular formula is C13H14BrN3O2S. The van der Waals surface area contributed by atoms with Crippen LogP contribution >= 0.6 is 15.9 Å². The van der Waals surface area contributed by atoms with Crippen molar-refractivity contribution < 1.29 is 8.42 Å². The lowest BCUT2D eigenvalue weighted by atomic mass is 10.2. The largest absolute Gasteiger partial charge is 0.398 e. The second-order valence-corrected chi connectivity index (χ2v) is 6.97. The van der Waals surface area contributed by atoms with E-state index in [0.29, 0.717) is 15.7 Å². The number of hydrogen-bond acceptors (Lipinski definition) is 4. The summed E-state index contributed by atoms with van der Waals surface area (Å²) in [6, 6.07) is 6.50. The number of pyridine rings is 1. The van der Waals surface area contributed by atoms with Crippen LogP contribution in [0.3, 0.4) is 0 Å². The van der Waals surface area contributed by atoms with Crippen molar-refractivity contribution in [3.8, 4) is 0 Å². The lowest BCUT2D eigenvalue weighted by Gasteiger charge is -2.11. The standard InChI is InChI=1S/C13H14BrN3O2S/c1-8-3-4-13(16-7-8)17-20(18,19)12-6-11(15)10(14)5-9(12)2/h3-7H,15H2,1-2H3,(H,16,17). The van der Waals surface area contributed by atoms with Gasteiger partial charge in [0.15, 0.2) is 0 Å². The second-order valence-electron chi connectivity index (χ2n) is 4.47. The first-order valence-corrected chi connectivity index (χ1v) is 8.08. The fourth-order valence-corrected chi connectivity index (χ4v) is 3.41. The van der Waals surface area contributed by atoms with E-state index in [0.717, 1.165) is 5.56 Å². The van der Waals surface area contributed by atoms with Crippen molar-refractivity contribution in [1.82, 2.24) is 4.98 Å². The summed E-state index contributed by atoms with van der Waals surface area (Å²) in [6.45, 7) is 3.59. The number of nitrogens with zero attached hydrogens (tertiary/aromatic N) is 1. The monoisotopic (exact) mass is 355 g/mol. The summed E-state index contributed by atoms with van der Waals surface area (Å²) in [5, 5.41) is 0. The zero-order valence-electron chi connectivity index (χ0n) is 11.0. The molecule has 0 atom stereocenters. The predicted octanol–water partition coefficient (Wildman–Crippen LogP) is 2.84. The van der Waals surface area contributed by atoms with E-state index in [4.69, 9.17) is 5.73 Å². The van der Waals surface area contributed by atoms with Gasteiger partial charge in [0.2, 0.25) is 0 Å². The average Bonchev–Trinajstić information content (AvgIpc) is 2.36. The molecule has 1 heterocycles. The van der Waals surface area contributed by atoms with Crippen LogP contribution in [-0.2, 0) is 10.0 Å². The number of rotatable bonds is 3. The number of hydrogen-bond donors (Lipinski definition) is 2. The van der Waals surface area contributed by atoms with Gasteiger partial charge >= 0.3 is 0 Å². The van der Waals surface area contributed by atoms with Crippen LogP contribution in [0.15, 0.2) is 39.8 Å². The molecule has 5 nitrogen and oxygen atoms in total. The van der Waals surface area contributed by atoms with Crippen molar-refractivity contribution in [1.29, 1.82) is 0 Å². The molecule has 3 N–H and O–H groups in total. The smallest absolute Gasteiger partial charge is 0.263 e. The van der Waals surface area contributed by atoms with Gasteiger partial charge in [-0.2, -0.15) is 0 Å². The number of sulfonamides is 1. The molecule has 1 aromatic heterocycles. The Balaban J connectivity index is 2.40. The molecule has 0 aliphatic heterocycles.